The Labute approximate surface area is 224 Å². The molecule has 0 radical (unpaired) electrons. The van der Waals surface area contributed by atoms with Crippen LogP contribution in [0.2, 0.25) is 0 Å². The Kier molecular flexibility index (Phi) is 10.7. The molecule has 0 aliphatic carbocycles. The minimum atomic E-state index is -5.05. The van der Waals surface area contributed by atoms with Crippen molar-refractivity contribution < 1.29 is 32.2 Å². The summed E-state index contributed by atoms with van der Waals surface area (Å²) in [5, 5.41) is 4.16. The molecule has 204 valence electrons. The Bertz CT molecular complexity index is 1250. The largest absolute Gasteiger partial charge is 0.471 e. The number of aromatic nitrogens is 2. The summed E-state index contributed by atoms with van der Waals surface area (Å²) in [7, 11) is 3.09. The summed E-state index contributed by atoms with van der Waals surface area (Å²) in [5.41, 5.74) is -0.375. The lowest BCUT2D eigenvalue weighted by Crippen LogP contribution is -2.36. The fourth-order valence-corrected chi connectivity index (χ4v) is 4.35. The van der Waals surface area contributed by atoms with E-state index in [1.807, 2.05) is 13.2 Å². The van der Waals surface area contributed by atoms with E-state index >= 15 is 0 Å². The third kappa shape index (κ3) is 8.00. The van der Waals surface area contributed by atoms with Gasteiger partial charge >= 0.3 is 17.8 Å². The highest BCUT2D eigenvalue weighted by molar-refractivity contribution is 8.76. The molecular formula is C24H25F3N4O5S2. The van der Waals surface area contributed by atoms with Gasteiger partial charge in [-0.05, 0) is 24.8 Å². The number of anilines is 1. The van der Waals surface area contributed by atoms with Crippen LogP contribution in [0.5, 0.6) is 0 Å². The van der Waals surface area contributed by atoms with Crippen LogP contribution in [0.3, 0.4) is 0 Å². The van der Waals surface area contributed by atoms with Gasteiger partial charge in [-0.25, -0.2) is 4.79 Å². The molecule has 3 atom stereocenters. The van der Waals surface area contributed by atoms with Gasteiger partial charge in [-0.2, -0.15) is 18.2 Å². The summed E-state index contributed by atoms with van der Waals surface area (Å²) >= 11 is 0. The van der Waals surface area contributed by atoms with Crippen molar-refractivity contribution in [1.29, 1.82) is 0 Å². The second-order valence-electron chi connectivity index (χ2n) is 7.88. The number of nitrogens with zero attached hydrogens (tertiary/aromatic N) is 2. The van der Waals surface area contributed by atoms with Crippen LogP contribution in [0.1, 0.15) is 41.9 Å². The lowest BCUT2D eigenvalue weighted by Gasteiger charge is -2.17. The third-order valence-electron chi connectivity index (χ3n) is 5.38. The second-order valence-corrected chi connectivity index (χ2v) is 10.4. The van der Waals surface area contributed by atoms with Gasteiger partial charge in [0.05, 0.1) is 24.3 Å². The summed E-state index contributed by atoms with van der Waals surface area (Å²) in [4.78, 5) is 40.6. The van der Waals surface area contributed by atoms with Crippen LogP contribution in [-0.4, -0.2) is 58.5 Å². The topological polar surface area (TPSA) is 112 Å². The van der Waals surface area contributed by atoms with Crippen LogP contribution in [0.4, 0.5) is 19.0 Å². The van der Waals surface area contributed by atoms with Crippen molar-refractivity contribution in [3.8, 4) is 11.8 Å². The van der Waals surface area contributed by atoms with E-state index in [-0.39, 0.29) is 23.6 Å². The molecule has 3 rings (SSSR count). The van der Waals surface area contributed by atoms with Gasteiger partial charge in [-0.3, -0.25) is 14.2 Å². The van der Waals surface area contributed by atoms with E-state index in [0.717, 1.165) is 0 Å². The van der Waals surface area contributed by atoms with Gasteiger partial charge in [0.2, 0.25) is 0 Å². The molecule has 38 heavy (non-hydrogen) atoms. The highest BCUT2D eigenvalue weighted by Gasteiger charge is 2.38. The Morgan fingerprint density at radius 2 is 2.03 bits per heavy atom. The molecule has 14 heteroatoms. The van der Waals surface area contributed by atoms with Crippen molar-refractivity contribution in [2.75, 3.05) is 24.1 Å². The number of hydrogen-bond donors (Lipinski definition) is 2. The number of halogens is 3. The Hall–Kier alpha value is -2.99. The first kappa shape index (κ1) is 29.6. The summed E-state index contributed by atoms with van der Waals surface area (Å²) in [5.74, 6) is 2.55. The summed E-state index contributed by atoms with van der Waals surface area (Å²) in [6.45, 7) is 1.31. The van der Waals surface area contributed by atoms with Crippen LogP contribution in [0.25, 0.3) is 0 Å². The van der Waals surface area contributed by atoms with E-state index < -0.39 is 36.5 Å². The maximum Gasteiger partial charge on any atom is 0.471 e. The molecule has 1 saturated heterocycles. The summed E-state index contributed by atoms with van der Waals surface area (Å²) < 4.78 is 50.5. The van der Waals surface area contributed by atoms with E-state index in [2.05, 4.69) is 22.1 Å². The summed E-state index contributed by atoms with van der Waals surface area (Å²) in [6.07, 6.45) is -2.05. The predicted molar refractivity (Wildman–Crippen MR) is 138 cm³/mol. The minimum Gasteiger partial charge on any atom is -0.364 e. The SMILES string of the molecule is CC[C@H]1O[C@@H](n2cc(C#CCNC(=O)C(F)(F)F)c(NC(=O)c3ccccc3)nc2=O)C[C@H]1OCSSC. The zero-order valence-corrected chi connectivity index (χ0v) is 22.0. The van der Waals surface area contributed by atoms with E-state index in [9.17, 15) is 27.6 Å². The van der Waals surface area contributed by atoms with Crippen LogP contribution >= 0.6 is 21.6 Å². The third-order valence-corrected chi connectivity index (χ3v) is 6.84. The number of benzene rings is 1. The smallest absolute Gasteiger partial charge is 0.364 e. The molecular weight excluding hydrogens is 545 g/mol. The molecule has 2 amide bonds. The number of hydrogen-bond acceptors (Lipinski definition) is 8. The molecule has 1 fully saturated rings. The Balaban J connectivity index is 1.88. The molecule has 1 aromatic carbocycles. The fraction of sp³-hybridized carbons (Fsp3) is 0.417. The Morgan fingerprint density at radius 3 is 2.68 bits per heavy atom. The Morgan fingerprint density at radius 1 is 1.29 bits per heavy atom. The standard InChI is InChI=1S/C24H25F3N4O5S2/c1-3-17-18(35-14-38-37-2)12-19(36-17)31-13-16(10-7-11-28-22(33)24(25,26)27)20(30-23(31)34)29-21(32)15-8-5-4-6-9-15/h4-6,8-9,13,17-19H,3,11-12,14H2,1-2H3,(H,28,33)(H,29,30,32,34)/t17-,18-,19-/m1/s1. The molecule has 1 aliphatic heterocycles. The van der Waals surface area contributed by atoms with Gasteiger partial charge in [-0.1, -0.05) is 58.6 Å². The van der Waals surface area contributed by atoms with Gasteiger partial charge in [0.1, 0.15) is 12.2 Å². The molecule has 1 aromatic heterocycles. The van der Waals surface area contributed by atoms with Crippen molar-refractivity contribution in [2.45, 2.75) is 44.4 Å². The molecule has 2 N–H and O–H groups in total. The molecule has 9 nitrogen and oxygen atoms in total. The van der Waals surface area contributed by atoms with Gasteiger partial charge < -0.3 is 20.1 Å². The van der Waals surface area contributed by atoms with Crippen LogP contribution in [0, 0.1) is 11.8 Å². The highest BCUT2D eigenvalue weighted by atomic mass is 33.1. The maximum absolute atomic E-state index is 12.9. The van der Waals surface area contributed by atoms with Crippen LogP contribution in [-0.2, 0) is 14.3 Å². The zero-order chi connectivity index (χ0) is 27.7. The van der Waals surface area contributed by atoms with E-state index in [4.69, 9.17) is 9.47 Å². The van der Waals surface area contributed by atoms with Crippen LogP contribution in [0.15, 0.2) is 41.3 Å². The quantitative estimate of drug-likeness (QED) is 0.204. The van der Waals surface area contributed by atoms with Gasteiger partial charge in [0, 0.05) is 18.2 Å². The number of carbonyl (C=O) groups excluding carboxylic acids is 2. The number of alkyl halides is 3. The molecule has 2 heterocycles. The number of nitrogens with one attached hydrogen (secondary N) is 2. The monoisotopic (exact) mass is 570 g/mol. The zero-order valence-electron chi connectivity index (χ0n) is 20.4. The molecule has 0 unspecified atom stereocenters. The number of amides is 2. The van der Waals surface area contributed by atoms with Crippen molar-refractivity contribution in [1.82, 2.24) is 14.9 Å². The van der Waals surface area contributed by atoms with Crippen molar-refractivity contribution >= 4 is 39.2 Å². The first-order valence-corrected chi connectivity index (χ1v) is 14.1. The average molecular weight is 571 g/mol. The van der Waals surface area contributed by atoms with Crippen LogP contribution < -0.4 is 16.3 Å². The van der Waals surface area contributed by atoms with Crippen molar-refractivity contribution in [2.24, 2.45) is 0 Å². The highest BCUT2D eigenvalue weighted by Crippen LogP contribution is 2.33. The van der Waals surface area contributed by atoms with E-state index in [1.165, 1.54) is 21.6 Å². The second kappa shape index (κ2) is 13.7. The average Bonchev–Trinajstić information content (AvgIpc) is 3.30. The molecule has 1 aliphatic rings. The fourth-order valence-electron chi connectivity index (χ4n) is 3.57. The van der Waals surface area contributed by atoms with Crippen molar-refractivity contribution in [3.63, 3.8) is 0 Å². The maximum atomic E-state index is 12.9. The predicted octanol–water partition coefficient (Wildman–Crippen LogP) is 3.58. The van der Waals surface area contributed by atoms with E-state index in [0.29, 0.717) is 24.3 Å². The molecule has 0 saturated carbocycles. The minimum absolute atomic E-state index is 0.0501. The molecule has 0 spiro atoms. The van der Waals surface area contributed by atoms with Gasteiger partial charge in [0.15, 0.2) is 5.82 Å². The first-order valence-electron chi connectivity index (χ1n) is 11.4. The summed E-state index contributed by atoms with van der Waals surface area (Å²) in [6, 6.07) is 8.15. The van der Waals surface area contributed by atoms with Gasteiger partial charge in [0.25, 0.3) is 5.91 Å². The molecule has 0 bridgehead atoms. The number of carbonyl (C=O) groups is 2. The van der Waals surface area contributed by atoms with Crippen molar-refractivity contribution in [3.05, 3.63) is 58.1 Å². The number of rotatable bonds is 9. The lowest BCUT2D eigenvalue weighted by atomic mass is 10.1. The number of ether oxygens (including phenoxy) is 2. The normalized spacial score (nSPS) is 18.9. The van der Waals surface area contributed by atoms with Gasteiger partial charge in [-0.15, -0.1) is 0 Å². The van der Waals surface area contributed by atoms with E-state index in [1.54, 1.807) is 46.4 Å². The lowest BCUT2D eigenvalue weighted by molar-refractivity contribution is -0.173. The molecule has 2 aromatic rings. The first-order chi connectivity index (χ1) is 18.1.